The fourth-order valence-electron chi connectivity index (χ4n) is 2.66. The molecule has 0 saturated heterocycles. The van der Waals surface area contributed by atoms with Crippen LogP contribution in [-0.4, -0.2) is 10.5 Å². The zero-order valence-electron chi connectivity index (χ0n) is 12.7. The molecular weight excluding hydrogens is 270 g/mol. The lowest BCUT2D eigenvalue weighted by molar-refractivity contribution is -0.377. The molecule has 0 radical (unpaired) electrons. The van der Waals surface area contributed by atoms with Gasteiger partial charge in [0.1, 0.15) is 0 Å². The summed E-state index contributed by atoms with van der Waals surface area (Å²) in [5, 5.41) is 12.4. The Balaban J connectivity index is 2.08. The number of benzene rings is 2. The first kappa shape index (κ1) is 14.3. The maximum atomic E-state index is 12.4. The number of allylic oxidation sites excluding steroid dienone is 2. The van der Waals surface area contributed by atoms with Crippen molar-refractivity contribution in [1.82, 2.24) is 0 Å². The summed E-state index contributed by atoms with van der Waals surface area (Å²) in [6, 6.07) is 18.3. The molecule has 0 atom stereocenters. The molecule has 3 rings (SSSR count). The van der Waals surface area contributed by atoms with Crippen LogP contribution in [0.25, 0.3) is 6.08 Å². The number of hydroxylamine groups is 1. The Bertz CT molecular complexity index is 737. The van der Waals surface area contributed by atoms with Crippen LogP contribution in [0, 0.1) is 12.1 Å². The smallest absolute Gasteiger partial charge is 0.226 e. The third kappa shape index (κ3) is 3.17. The minimum atomic E-state index is 0.745. The fourth-order valence-corrected chi connectivity index (χ4v) is 2.66. The van der Waals surface area contributed by atoms with Gasteiger partial charge in [-0.2, -0.15) is 4.74 Å². The van der Waals surface area contributed by atoms with Crippen LogP contribution in [0.15, 0.2) is 72.4 Å². The van der Waals surface area contributed by atoms with Crippen LogP contribution < -0.4 is 0 Å². The Morgan fingerprint density at radius 2 is 1.73 bits per heavy atom. The highest BCUT2D eigenvalue weighted by atomic mass is 16.5. The molecule has 1 aliphatic rings. The molecule has 0 aromatic heterocycles. The quantitative estimate of drug-likeness (QED) is 0.582. The number of hydrogen-bond acceptors (Lipinski definition) is 1. The van der Waals surface area contributed by atoms with Crippen LogP contribution in [0.5, 0.6) is 0 Å². The van der Waals surface area contributed by atoms with Crippen molar-refractivity contribution < 1.29 is 4.74 Å². The average Bonchev–Trinajstić information content (AvgIpc) is 2.72. The van der Waals surface area contributed by atoms with Gasteiger partial charge in [0.25, 0.3) is 0 Å². The minimum Gasteiger partial charge on any atom is -0.618 e. The van der Waals surface area contributed by atoms with Gasteiger partial charge in [0, 0.05) is 11.1 Å². The van der Waals surface area contributed by atoms with Crippen LogP contribution in [0.1, 0.15) is 29.5 Å². The summed E-state index contributed by atoms with van der Waals surface area (Å²) in [7, 11) is 0. The number of aryl methyl sites for hydroxylation is 1. The zero-order valence-corrected chi connectivity index (χ0v) is 12.7. The molecule has 2 nitrogen and oxygen atoms in total. The normalized spacial score (nSPS) is 16.9. The highest BCUT2D eigenvalue weighted by molar-refractivity contribution is 6.12. The molecule has 1 heterocycles. The first-order valence-corrected chi connectivity index (χ1v) is 7.57. The average molecular weight is 289 g/mol. The van der Waals surface area contributed by atoms with Crippen molar-refractivity contribution in [3.05, 3.63) is 94.3 Å². The zero-order chi connectivity index (χ0) is 15.4. The van der Waals surface area contributed by atoms with Gasteiger partial charge in [0.15, 0.2) is 6.20 Å². The van der Waals surface area contributed by atoms with Crippen molar-refractivity contribution >= 4 is 11.8 Å². The molecule has 110 valence electrons. The Kier molecular flexibility index (Phi) is 4.19. The molecule has 1 aliphatic heterocycles. The van der Waals surface area contributed by atoms with Crippen LogP contribution in [0.4, 0.5) is 0 Å². The molecule has 0 bridgehead atoms. The van der Waals surface area contributed by atoms with Gasteiger partial charge in [-0.1, -0.05) is 48.0 Å². The van der Waals surface area contributed by atoms with Crippen LogP contribution >= 0.6 is 0 Å². The van der Waals surface area contributed by atoms with E-state index in [1.165, 1.54) is 5.56 Å². The molecule has 2 heteroatoms. The third-order valence-corrected chi connectivity index (χ3v) is 3.81. The van der Waals surface area contributed by atoms with Crippen molar-refractivity contribution in [3.63, 3.8) is 0 Å². The van der Waals surface area contributed by atoms with Gasteiger partial charge in [0.05, 0.1) is 0 Å². The number of nitrogens with zero attached hydrogens (tertiary/aromatic N) is 1. The number of hydrogen-bond donors (Lipinski definition) is 0. The van der Waals surface area contributed by atoms with E-state index in [9.17, 15) is 5.21 Å². The maximum Gasteiger partial charge on any atom is 0.226 e. The van der Waals surface area contributed by atoms with E-state index < -0.39 is 0 Å². The van der Waals surface area contributed by atoms with Gasteiger partial charge in [-0.3, -0.25) is 0 Å². The summed E-state index contributed by atoms with van der Waals surface area (Å²) in [4.78, 5) is 0. The summed E-state index contributed by atoms with van der Waals surface area (Å²) in [6.45, 7) is 2.08. The first-order valence-electron chi connectivity index (χ1n) is 7.57. The Morgan fingerprint density at radius 3 is 2.45 bits per heavy atom. The highest BCUT2D eigenvalue weighted by Gasteiger charge is 2.19. The molecule has 0 spiro atoms. The SMILES string of the molecule is Cc1ccc(/C=C2\CCC=C[N+]([O-])=C2c2ccccc2)cc1. The second kappa shape index (κ2) is 6.44. The third-order valence-electron chi connectivity index (χ3n) is 3.81. The van der Waals surface area contributed by atoms with Crippen LogP contribution in [-0.2, 0) is 0 Å². The Morgan fingerprint density at radius 1 is 1.00 bits per heavy atom. The van der Waals surface area contributed by atoms with E-state index in [2.05, 4.69) is 37.3 Å². The maximum absolute atomic E-state index is 12.4. The Hall–Kier alpha value is -2.61. The molecule has 0 fully saturated rings. The van der Waals surface area contributed by atoms with Crippen molar-refractivity contribution in [2.75, 3.05) is 0 Å². The summed E-state index contributed by atoms with van der Waals surface area (Å²) in [6.07, 6.45) is 7.43. The van der Waals surface area contributed by atoms with Crippen molar-refractivity contribution in [2.45, 2.75) is 19.8 Å². The topological polar surface area (TPSA) is 26.1 Å². The lowest BCUT2D eigenvalue weighted by Gasteiger charge is -2.09. The summed E-state index contributed by atoms with van der Waals surface area (Å²) >= 11 is 0. The predicted octanol–water partition coefficient (Wildman–Crippen LogP) is 4.69. The molecule has 2 aromatic rings. The van der Waals surface area contributed by atoms with Crippen molar-refractivity contribution in [3.8, 4) is 0 Å². The summed E-state index contributed by atoms with van der Waals surface area (Å²) < 4.78 is 0.988. The van der Waals surface area contributed by atoms with E-state index in [0.29, 0.717) is 0 Å². The molecule has 0 N–H and O–H groups in total. The largest absolute Gasteiger partial charge is 0.618 e. The van der Waals surface area contributed by atoms with E-state index in [0.717, 1.165) is 40.0 Å². The summed E-state index contributed by atoms with van der Waals surface area (Å²) in [5.41, 5.74) is 5.15. The first-order chi connectivity index (χ1) is 10.7. The van der Waals surface area contributed by atoms with E-state index >= 15 is 0 Å². The van der Waals surface area contributed by atoms with E-state index in [-0.39, 0.29) is 0 Å². The molecule has 0 amide bonds. The van der Waals surface area contributed by atoms with Crippen molar-refractivity contribution in [2.24, 2.45) is 0 Å². The van der Waals surface area contributed by atoms with Gasteiger partial charge in [-0.25, -0.2) is 0 Å². The van der Waals surface area contributed by atoms with Gasteiger partial charge < -0.3 is 5.21 Å². The van der Waals surface area contributed by atoms with Crippen LogP contribution in [0.2, 0.25) is 0 Å². The van der Waals surface area contributed by atoms with Gasteiger partial charge >= 0.3 is 0 Å². The van der Waals surface area contributed by atoms with Gasteiger partial charge in [-0.05, 0) is 49.6 Å². The second-order valence-corrected chi connectivity index (χ2v) is 5.54. The number of rotatable bonds is 2. The predicted molar refractivity (Wildman–Crippen MR) is 91.7 cm³/mol. The molecule has 0 aliphatic carbocycles. The molecular formula is C20H19NO. The van der Waals surface area contributed by atoms with Gasteiger partial charge in [0.2, 0.25) is 5.71 Å². The fraction of sp³-hybridized carbons (Fsp3) is 0.150. The molecule has 0 unspecified atom stereocenters. The van der Waals surface area contributed by atoms with Crippen LogP contribution in [0.3, 0.4) is 0 Å². The standard InChI is InChI=1S/C20H19NO/c1-16-10-12-17(13-11-16)15-19-9-5-6-14-21(22)20(19)18-7-3-2-4-8-18/h2-4,6-8,10-15H,5,9H2,1H3/b19-15+. The summed E-state index contributed by atoms with van der Waals surface area (Å²) in [5.74, 6) is 0. The lowest BCUT2D eigenvalue weighted by atomic mass is 9.96. The van der Waals surface area contributed by atoms with E-state index in [1.54, 1.807) is 6.20 Å². The van der Waals surface area contributed by atoms with Crippen molar-refractivity contribution in [1.29, 1.82) is 0 Å². The Labute approximate surface area is 131 Å². The molecule has 22 heavy (non-hydrogen) atoms. The van der Waals surface area contributed by atoms with E-state index in [1.807, 2.05) is 36.4 Å². The molecule has 0 saturated carbocycles. The molecule has 2 aromatic carbocycles. The lowest BCUT2D eigenvalue weighted by Crippen LogP contribution is -2.14. The highest BCUT2D eigenvalue weighted by Crippen LogP contribution is 2.21. The monoisotopic (exact) mass is 289 g/mol. The van der Waals surface area contributed by atoms with E-state index in [4.69, 9.17) is 0 Å². The minimum absolute atomic E-state index is 0.745. The van der Waals surface area contributed by atoms with Gasteiger partial charge in [-0.15, -0.1) is 0 Å². The second-order valence-electron chi connectivity index (χ2n) is 5.54.